The zero-order chi connectivity index (χ0) is 10.8. The fourth-order valence-corrected chi connectivity index (χ4v) is 2.84. The van der Waals surface area contributed by atoms with E-state index in [4.69, 9.17) is 0 Å². The Labute approximate surface area is 105 Å². The van der Waals surface area contributed by atoms with E-state index in [1.807, 2.05) is 18.2 Å². The minimum atomic E-state index is -0.0220. The van der Waals surface area contributed by atoms with Gasteiger partial charge in [-0.3, -0.25) is 4.90 Å². The molecule has 1 aromatic carbocycles. The van der Waals surface area contributed by atoms with Gasteiger partial charge in [-0.25, -0.2) is 4.79 Å². The Bertz CT molecular complexity index is 375. The number of nitrogens with one attached hydrogen (secondary N) is 1. The number of urea groups is 1. The lowest BCUT2D eigenvalue weighted by Gasteiger charge is -2.27. The van der Waals surface area contributed by atoms with Crippen LogP contribution < -0.4 is 10.2 Å². The summed E-state index contributed by atoms with van der Waals surface area (Å²) in [6, 6.07) is 5.81. The fourth-order valence-electron chi connectivity index (χ4n) is 1.57. The van der Waals surface area contributed by atoms with Crippen LogP contribution in [0.5, 0.6) is 0 Å². The zero-order valence-electron chi connectivity index (χ0n) is 7.96. The van der Waals surface area contributed by atoms with Crippen molar-refractivity contribution in [2.75, 3.05) is 18.0 Å². The molecule has 3 nitrogen and oxygen atoms in total. The van der Waals surface area contributed by atoms with Crippen molar-refractivity contribution in [1.82, 2.24) is 5.32 Å². The quantitative estimate of drug-likeness (QED) is 0.841. The first kappa shape index (κ1) is 11.0. The first-order valence-corrected chi connectivity index (χ1v) is 6.27. The van der Waals surface area contributed by atoms with Gasteiger partial charge in [0, 0.05) is 27.7 Å². The molecular weight excluding hydrogens is 324 g/mol. The van der Waals surface area contributed by atoms with Gasteiger partial charge in [0.1, 0.15) is 0 Å². The van der Waals surface area contributed by atoms with Crippen molar-refractivity contribution in [2.24, 2.45) is 0 Å². The number of amides is 2. The third-order valence-electron chi connectivity index (χ3n) is 2.24. The summed E-state index contributed by atoms with van der Waals surface area (Å²) in [5.74, 6) is 0. The second-order valence-electron chi connectivity index (χ2n) is 3.36. The summed E-state index contributed by atoms with van der Waals surface area (Å²) >= 11 is 6.82. The highest BCUT2D eigenvalue weighted by molar-refractivity contribution is 9.11. The highest BCUT2D eigenvalue weighted by Gasteiger charge is 2.19. The van der Waals surface area contributed by atoms with Crippen LogP contribution in [0.2, 0.25) is 0 Å². The molecule has 0 unspecified atom stereocenters. The zero-order valence-corrected chi connectivity index (χ0v) is 11.1. The Morgan fingerprint density at radius 2 is 1.87 bits per heavy atom. The minimum absolute atomic E-state index is 0.0220. The molecule has 2 rings (SSSR count). The second kappa shape index (κ2) is 4.53. The summed E-state index contributed by atoms with van der Waals surface area (Å²) in [4.78, 5) is 13.4. The predicted octanol–water partition coefficient (Wildman–Crippen LogP) is 3.13. The third-order valence-corrected chi connectivity index (χ3v) is 3.15. The van der Waals surface area contributed by atoms with E-state index in [0.717, 1.165) is 34.1 Å². The summed E-state index contributed by atoms with van der Waals surface area (Å²) in [6.07, 6.45) is 0.982. The molecule has 15 heavy (non-hydrogen) atoms. The molecule has 0 spiro atoms. The lowest BCUT2D eigenvalue weighted by molar-refractivity contribution is 0.243. The van der Waals surface area contributed by atoms with Gasteiger partial charge in [0.05, 0.1) is 0 Å². The number of rotatable bonds is 1. The van der Waals surface area contributed by atoms with Crippen LogP contribution in [0.15, 0.2) is 27.1 Å². The third kappa shape index (κ3) is 2.52. The summed E-state index contributed by atoms with van der Waals surface area (Å²) in [6.45, 7) is 1.54. The molecular formula is C10H10Br2N2O. The summed E-state index contributed by atoms with van der Waals surface area (Å²) in [7, 11) is 0. The van der Waals surface area contributed by atoms with E-state index in [-0.39, 0.29) is 6.03 Å². The van der Waals surface area contributed by atoms with Crippen LogP contribution in [-0.4, -0.2) is 19.1 Å². The van der Waals surface area contributed by atoms with Crippen LogP contribution in [-0.2, 0) is 0 Å². The molecule has 2 amide bonds. The standard InChI is InChI=1S/C10H10Br2N2O/c11-7-4-8(12)6-9(5-7)14-3-1-2-13-10(14)15/h4-6H,1-3H2,(H,13,15). The van der Waals surface area contributed by atoms with E-state index in [1.165, 1.54) is 0 Å². The minimum Gasteiger partial charge on any atom is -0.338 e. The van der Waals surface area contributed by atoms with Gasteiger partial charge in [0.25, 0.3) is 0 Å². The van der Waals surface area contributed by atoms with Gasteiger partial charge in [-0.2, -0.15) is 0 Å². The number of benzene rings is 1. The summed E-state index contributed by atoms with van der Waals surface area (Å²) in [5.41, 5.74) is 0.911. The molecule has 0 atom stereocenters. The molecule has 0 bridgehead atoms. The lowest BCUT2D eigenvalue weighted by atomic mass is 10.2. The Morgan fingerprint density at radius 3 is 2.47 bits per heavy atom. The average molecular weight is 334 g/mol. The summed E-state index contributed by atoms with van der Waals surface area (Å²) < 4.78 is 1.93. The van der Waals surface area contributed by atoms with Crippen LogP contribution in [0.4, 0.5) is 10.5 Å². The highest BCUT2D eigenvalue weighted by Crippen LogP contribution is 2.26. The monoisotopic (exact) mass is 332 g/mol. The van der Waals surface area contributed by atoms with Crippen LogP contribution in [0, 0.1) is 0 Å². The van der Waals surface area contributed by atoms with E-state index in [0.29, 0.717) is 0 Å². The Hall–Kier alpha value is -0.550. The van der Waals surface area contributed by atoms with E-state index in [1.54, 1.807) is 4.90 Å². The van der Waals surface area contributed by atoms with E-state index in [2.05, 4.69) is 37.2 Å². The number of halogens is 2. The number of nitrogens with zero attached hydrogens (tertiary/aromatic N) is 1. The molecule has 0 aliphatic carbocycles. The second-order valence-corrected chi connectivity index (χ2v) is 5.20. The summed E-state index contributed by atoms with van der Waals surface area (Å²) in [5, 5.41) is 2.83. The van der Waals surface area contributed by atoms with Crippen LogP contribution in [0.1, 0.15) is 6.42 Å². The fraction of sp³-hybridized carbons (Fsp3) is 0.300. The van der Waals surface area contributed by atoms with Gasteiger partial charge in [0.2, 0.25) is 0 Å². The van der Waals surface area contributed by atoms with Crippen LogP contribution >= 0.6 is 31.9 Å². The largest absolute Gasteiger partial charge is 0.338 e. The number of anilines is 1. The molecule has 1 aliphatic heterocycles. The lowest BCUT2D eigenvalue weighted by Crippen LogP contribution is -2.46. The van der Waals surface area contributed by atoms with Crippen LogP contribution in [0.25, 0.3) is 0 Å². The van der Waals surface area contributed by atoms with Gasteiger partial charge in [0.15, 0.2) is 0 Å². The Morgan fingerprint density at radius 1 is 1.20 bits per heavy atom. The van der Waals surface area contributed by atoms with E-state index in [9.17, 15) is 4.79 Å². The van der Waals surface area contributed by atoms with Crippen molar-refractivity contribution in [3.8, 4) is 0 Å². The maximum Gasteiger partial charge on any atom is 0.321 e. The molecule has 1 N–H and O–H groups in total. The average Bonchev–Trinajstić information content (AvgIpc) is 2.16. The van der Waals surface area contributed by atoms with Gasteiger partial charge < -0.3 is 5.32 Å². The van der Waals surface area contributed by atoms with E-state index < -0.39 is 0 Å². The molecule has 0 radical (unpaired) electrons. The van der Waals surface area contributed by atoms with Crippen molar-refractivity contribution in [1.29, 1.82) is 0 Å². The van der Waals surface area contributed by atoms with Crippen molar-refractivity contribution < 1.29 is 4.79 Å². The van der Waals surface area contributed by atoms with Crippen molar-refractivity contribution >= 4 is 43.6 Å². The molecule has 1 saturated heterocycles. The predicted molar refractivity (Wildman–Crippen MR) is 67.2 cm³/mol. The molecule has 80 valence electrons. The maximum atomic E-state index is 11.6. The van der Waals surface area contributed by atoms with Gasteiger partial charge >= 0.3 is 6.03 Å². The smallest absolute Gasteiger partial charge is 0.321 e. The molecule has 5 heteroatoms. The SMILES string of the molecule is O=C1NCCCN1c1cc(Br)cc(Br)c1. The number of carbonyl (C=O) groups is 1. The molecule has 1 aliphatic rings. The number of hydrogen-bond donors (Lipinski definition) is 1. The topological polar surface area (TPSA) is 32.3 Å². The van der Waals surface area contributed by atoms with Gasteiger partial charge in [-0.1, -0.05) is 31.9 Å². The molecule has 1 aromatic rings. The Balaban J connectivity index is 2.31. The van der Waals surface area contributed by atoms with Gasteiger partial charge in [-0.15, -0.1) is 0 Å². The highest BCUT2D eigenvalue weighted by atomic mass is 79.9. The van der Waals surface area contributed by atoms with Gasteiger partial charge in [-0.05, 0) is 24.6 Å². The first-order valence-electron chi connectivity index (χ1n) is 4.68. The van der Waals surface area contributed by atoms with Crippen molar-refractivity contribution in [3.05, 3.63) is 27.1 Å². The van der Waals surface area contributed by atoms with E-state index >= 15 is 0 Å². The molecule has 1 heterocycles. The van der Waals surface area contributed by atoms with Crippen molar-refractivity contribution in [3.63, 3.8) is 0 Å². The first-order chi connectivity index (χ1) is 7.16. The molecule has 0 saturated carbocycles. The van der Waals surface area contributed by atoms with Crippen LogP contribution in [0.3, 0.4) is 0 Å². The van der Waals surface area contributed by atoms with Crippen molar-refractivity contribution in [2.45, 2.75) is 6.42 Å². The number of carbonyl (C=O) groups excluding carboxylic acids is 1. The molecule has 1 fully saturated rings. The number of hydrogen-bond acceptors (Lipinski definition) is 1. The maximum absolute atomic E-state index is 11.6. The Kier molecular flexibility index (Phi) is 3.31. The molecule has 0 aromatic heterocycles. The normalized spacial score (nSPS) is 16.4.